The Morgan fingerprint density at radius 1 is 0.920 bits per heavy atom. The van der Waals surface area contributed by atoms with E-state index < -0.39 is 0 Å². The summed E-state index contributed by atoms with van der Waals surface area (Å²) in [6, 6.07) is 14.8. The van der Waals surface area contributed by atoms with Gasteiger partial charge in [0.2, 0.25) is 0 Å². The molecule has 25 heavy (non-hydrogen) atoms. The first kappa shape index (κ1) is 15.4. The van der Waals surface area contributed by atoms with Crippen LogP contribution in [0.3, 0.4) is 0 Å². The number of amides is 1. The third-order valence-corrected chi connectivity index (χ3v) is 4.99. The third-order valence-electron chi connectivity index (χ3n) is 4.99. The van der Waals surface area contributed by atoms with E-state index in [1.165, 1.54) is 0 Å². The summed E-state index contributed by atoms with van der Waals surface area (Å²) in [7, 11) is 3.55. The van der Waals surface area contributed by atoms with Crippen LogP contribution in [0.4, 0.5) is 5.69 Å². The highest BCUT2D eigenvalue weighted by Crippen LogP contribution is 2.35. The van der Waals surface area contributed by atoms with Crippen LogP contribution >= 0.6 is 0 Å². The Kier molecular flexibility index (Phi) is 3.35. The lowest BCUT2D eigenvalue weighted by Crippen LogP contribution is -2.29. The van der Waals surface area contributed by atoms with Crippen molar-refractivity contribution in [2.45, 2.75) is 6.42 Å². The van der Waals surface area contributed by atoms with Crippen molar-refractivity contribution >= 4 is 28.1 Å². The van der Waals surface area contributed by atoms with Gasteiger partial charge in [0.05, 0.1) is 5.52 Å². The van der Waals surface area contributed by atoms with Gasteiger partial charge < -0.3 is 9.47 Å². The van der Waals surface area contributed by atoms with Crippen LogP contribution in [-0.2, 0) is 13.5 Å². The maximum absolute atomic E-state index is 13.0. The van der Waals surface area contributed by atoms with Crippen LogP contribution in [0, 0.1) is 0 Å². The van der Waals surface area contributed by atoms with Crippen LogP contribution in [0.15, 0.2) is 59.9 Å². The van der Waals surface area contributed by atoms with Crippen LogP contribution in [-0.4, -0.2) is 17.5 Å². The van der Waals surface area contributed by atoms with Crippen molar-refractivity contribution in [2.75, 3.05) is 11.9 Å². The van der Waals surface area contributed by atoms with Crippen molar-refractivity contribution in [1.82, 2.24) is 4.57 Å². The standard InChI is InChI=1S/C21H18N2O2/c1-13-12-17-15-8-11-20(24)22(2)18(15)9-10-19(17)23(3)21(25)16-7-5-4-6-14(13)16/h4-11H,1,12H2,2-3H3. The first-order chi connectivity index (χ1) is 12.0. The van der Waals surface area contributed by atoms with E-state index in [0.29, 0.717) is 12.0 Å². The quantitative estimate of drug-likeness (QED) is 0.634. The molecule has 0 saturated carbocycles. The molecule has 3 aromatic rings. The minimum absolute atomic E-state index is 0.0492. The van der Waals surface area contributed by atoms with Crippen LogP contribution < -0.4 is 10.5 Å². The van der Waals surface area contributed by atoms with E-state index in [-0.39, 0.29) is 11.5 Å². The predicted octanol–water partition coefficient (Wildman–Crippen LogP) is 3.38. The van der Waals surface area contributed by atoms with Crippen LogP contribution in [0.2, 0.25) is 0 Å². The zero-order chi connectivity index (χ0) is 17.7. The summed E-state index contributed by atoms with van der Waals surface area (Å²) in [4.78, 5) is 26.6. The van der Waals surface area contributed by atoms with Gasteiger partial charge in [0, 0.05) is 43.2 Å². The number of carbonyl (C=O) groups is 1. The molecule has 0 fully saturated rings. The molecule has 0 radical (unpaired) electrons. The molecule has 4 heteroatoms. The molecule has 2 aromatic carbocycles. The van der Waals surface area contributed by atoms with Gasteiger partial charge in [-0.3, -0.25) is 9.59 Å². The summed E-state index contributed by atoms with van der Waals surface area (Å²) < 4.78 is 1.63. The number of pyridine rings is 1. The highest BCUT2D eigenvalue weighted by molar-refractivity contribution is 6.11. The molecule has 124 valence electrons. The van der Waals surface area contributed by atoms with Gasteiger partial charge in [-0.25, -0.2) is 0 Å². The van der Waals surface area contributed by atoms with Crippen molar-refractivity contribution in [3.63, 3.8) is 0 Å². The fourth-order valence-corrected chi connectivity index (χ4v) is 3.58. The molecule has 0 atom stereocenters. The van der Waals surface area contributed by atoms with E-state index in [4.69, 9.17) is 0 Å². The van der Waals surface area contributed by atoms with E-state index >= 15 is 0 Å². The number of aromatic nitrogens is 1. The summed E-state index contributed by atoms with van der Waals surface area (Å²) in [5.74, 6) is -0.0538. The fraction of sp³-hybridized carbons (Fsp3) is 0.143. The smallest absolute Gasteiger partial charge is 0.258 e. The van der Waals surface area contributed by atoms with Crippen molar-refractivity contribution in [2.24, 2.45) is 7.05 Å². The normalized spacial score (nSPS) is 14.1. The van der Waals surface area contributed by atoms with E-state index in [2.05, 4.69) is 6.58 Å². The number of hydrogen-bond acceptors (Lipinski definition) is 2. The van der Waals surface area contributed by atoms with Crippen molar-refractivity contribution in [3.8, 4) is 0 Å². The van der Waals surface area contributed by atoms with Gasteiger partial charge in [0.25, 0.3) is 11.5 Å². The number of carbonyl (C=O) groups excluding carboxylic acids is 1. The number of allylic oxidation sites excluding steroid dienone is 1. The lowest BCUT2D eigenvalue weighted by atomic mass is 9.90. The molecule has 4 rings (SSSR count). The molecule has 0 spiro atoms. The maximum Gasteiger partial charge on any atom is 0.258 e. The summed E-state index contributed by atoms with van der Waals surface area (Å²) in [6.07, 6.45) is 0.625. The summed E-state index contributed by atoms with van der Waals surface area (Å²) in [6.45, 7) is 4.22. The Bertz CT molecular complexity index is 1110. The van der Waals surface area contributed by atoms with Crippen LogP contribution in [0.1, 0.15) is 21.5 Å². The number of aryl methyl sites for hydroxylation is 1. The van der Waals surface area contributed by atoms with Crippen molar-refractivity contribution < 1.29 is 4.79 Å². The molecule has 1 amide bonds. The number of fused-ring (bicyclic) bond motifs is 4. The number of rotatable bonds is 0. The molecule has 0 saturated heterocycles. The van der Waals surface area contributed by atoms with Gasteiger partial charge in [0.1, 0.15) is 0 Å². The average Bonchev–Trinajstić information content (AvgIpc) is 2.63. The lowest BCUT2D eigenvalue weighted by molar-refractivity contribution is 0.0992. The van der Waals surface area contributed by atoms with Crippen LogP contribution in [0.25, 0.3) is 16.5 Å². The average molecular weight is 330 g/mol. The summed E-state index contributed by atoms with van der Waals surface area (Å²) >= 11 is 0. The second-order valence-electron chi connectivity index (χ2n) is 6.42. The van der Waals surface area contributed by atoms with E-state index in [1.807, 2.05) is 42.5 Å². The zero-order valence-corrected chi connectivity index (χ0v) is 14.2. The molecule has 4 nitrogen and oxygen atoms in total. The molecular weight excluding hydrogens is 312 g/mol. The Morgan fingerprint density at radius 3 is 2.40 bits per heavy atom. The molecule has 0 N–H and O–H groups in total. The number of nitrogens with zero attached hydrogens (tertiary/aromatic N) is 2. The highest BCUT2D eigenvalue weighted by Gasteiger charge is 2.25. The topological polar surface area (TPSA) is 42.3 Å². The largest absolute Gasteiger partial charge is 0.311 e. The SMILES string of the molecule is C=C1Cc2c(ccc3c2ccc(=O)n3C)N(C)C(=O)c2ccccc21. The van der Waals surface area contributed by atoms with E-state index in [9.17, 15) is 9.59 Å². The lowest BCUT2D eigenvalue weighted by Gasteiger charge is -2.27. The van der Waals surface area contributed by atoms with Gasteiger partial charge in [-0.1, -0.05) is 24.8 Å². The molecule has 1 aliphatic rings. The second-order valence-corrected chi connectivity index (χ2v) is 6.42. The number of hydrogen-bond donors (Lipinski definition) is 0. The predicted molar refractivity (Wildman–Crippen MR) is 101 cm³/mol. The zero-order valence-electron chi connectivity index (χ0n) is 14.2. The van der Waals surface area contributed by atoms with E-state index in [0.717, 1.165) is 33.3 Å². The molecule has 0 bridgehead atoms. The van der Waals surface area contributed by atoms with Gasteiger partial charge in [-0.2, -0.15) is 0 Å². The van der Waals surface area contributed by atoms with Crippen molar-refractivity contribution in [3.05, 3.63) is 82.2 Å². The molecule has 1 aliphatic heterocycles. The van der Waals surface area contributed by atoms with Gasteiger partial charge in [-0.15, -0.1) is 0 Å². The first-order valence-corrected chi connectivity index (χ1v) is 8.16. The Balaban J connectivity index is 2.04. The maximum atomic E-state index is 13.0. The molecule has 1 aromatic heterocycles. The summed E-state index contributed by atoms with van der Waals surface area (Å²) in [5, 5.41) is 0.972. The van der Waals surface area contributed by atoms with Gasteiger partial charge >= 0.3 is 0 Å². The Labute approximate surface area is 145 Å². The van der Waals surface area contributed by atoms with Crippen LogP contribution in [0.5, 0.6) is 0 Å². The second kappa shape index (κ2) is 5.45. The third kappa shape index (κ3) is 2.22. The van der Waals surface area contributed by atoms with Gasteiger partial charge in [0.15, 0.2) is 0 Å². The van der Waals surface area contributed by atoms with E-state index in [1.54, 1.807) is 29.6 Å². The fourth-order valence-electron chi connectivity index (χ4n) is 3.58. The molecule has 0 aliphatic carbocycles. The molecule has 2 heterocycles. The number of benzene rings is 2. The molecular formula is C21H18N2O2. The molecule has 0 unspecified atom stereocenters. The number of anilines is 1. The highest BCUT2D eigenvalue weighted by atomic mass is 16.2. The minimum atomic E-state index is -0.0538. The monoisotopic (exact) mass is 330 g/mol. The first-order valence-electron chi connectivity index (χ1n) is 8.16. The minimum Gasteiger partial charge on any atom is -0.311 e. The summed E-state index contributed by atoms with van der Waals surface area (Å²) in [5.41, 5.74) is 5.13. The van der Waals surface area contributed by atoms with Gasteiger partial charge in [-0.05, 0) is 41.0 Å². The van der Waals surface area contributed by atoms with Crippen molar-refractivity contribution in [1.29, 1.82) is 0 Å². The Morgan fingerprint density at radius 2 is 1.64 bits per heavy atom. The Hall–Kier alpha value is -3.14.